The molecule has 0 aliphatic carbocycles. The van der Waals surface area contributed by atoms with Gasteiger partial charge in [-0.3, -0.25) is 14.9 Å². The summed E-state index contributed by atoms with van der Waals surface area (Å²) in [5.74, 6) is -0.761. The molecule has 0 unspecified atom stereocenters. The van der Waals surface area contributed by atoms with E-state index in [0.29, 0.717) is 0 Å². The van der Waals surface area contributed by atoms with Crippen LogP contribution in [0.1, 0.15) is 15.9 Å². The molecule has 0 radical (unpaired) electrons. The Hall–Kier alpha value is -3.04. The van der Waals surface area contributed by atoms with E-state index >= 15 is 0 Å². The lowest BCUT2D eigenvalue weighted by atomic mass is 10.2. The van der Waals surface area contributed by atoms with Gasteiger partial charge < -0.3 is 4.74 Å². The molecule has 1 aliphatic rings. The lowest BCUT2D eigenvalue weighted by Gasteiger charge is -2.23. The molecule has 2 aromatic carbocycles. The number of benzene rings is 2. The molecular formula is C18H16N2O6S. The maximum absolute atomic E-state index is 12.7. The van der Waals surface area contributed by atoms with E-state index < -0.39 is 26.9 Å². The molecule has 1 aliphatic heterocycles. The molecule has 140 valence electrons. The standard InChI is InChI=1S/C18H16N2O6S/c21-18(15-6-8-16(9-7-15)20(22)23)19-17(10-11-27(19,24)25)13-26-12-14-4-2-1-3-5-14/h1-11,17H,12-13H2/t17-/m0/s1. The van der Waals surface area contributed by atoms with Gasteiger partial charge >= 0.3 is 0 Å². The zero-order chi connectivity index (χ0) is 19.4. The minimum absolute atomic E-state index is 0.00332. The smallest absolute Gasteiger partial charge is 0.269 e. The van der Waals surface area contributed by atoms with Crippen molar-refractivity contribution in [2.75, 3.05) is 6.61 Å². The van der Waals surface area contributed by atoms with Crippen LogP contribution in [0.15, 0.2) is 66.1 Å². The largest absolute Gasteiger partial charge is 0.374 e. The van der Waals surface area contributed by atoms with Crippen LogP contribution in [0.3, 0.4) is 0 Å². The predicted molar refractivity (Wildman–Crippen MR) is 97.2 cm³/mol. The monoisotopic (exact) mass is 388 g/mol. The summed E-state index contributed by atoms with van der Waals surface area (Å²) in [7, 11) is -3.92. The molecule has 27 heavy (non-hydrogen) atoms. The molecule has 1 atom stereocenters. The van der Waals surface area contributed by atoms with E-state index in [1.165, 1.54) is 18.2 Å². The second-order valence-electron chi connectivity index (χ2n) is 5.85. The molecule has 2 aromatic rings. The van der Waals surface area contributed by atoms with E-state index in [4.69, 9.17) is 4.74 Å². The number of amides is 1. The lowest BCUT2D eigenvalue weighted by Crippen LogP contribution is -2.41. The Morgan fingerprint density at radius 2 is 1.78 bits per heavy atom. The number of non-ortho nitro benzene ring substituents is 1. The SMILES string of the molecule is O=C(c1ccc([N+](=O)[O-])cc1)N1[C@H](COCc2ccccc2)C=CS1(=O)=O. The first-order valence-electron chi connectivity index (χ1n) is 8.01. The van der Waals surface area contributed by atoms with Gasteiger partial charge in [0.1, 0.15) is 0 Å². The van der Waals surface area contributed by atoms with Crippen LogP contribution < -0.4 is 0 Å². The zero-order valence-corrected chi connectivity index (χ0v) is 14.9. The minimum Gasteiger partial charge on any atom is -0.374 e. The molecule has 3 rings (SSSR count). The summed E-state index contributed by atoms with van der Waals surface area (Å²) >= 11 is 0. The summed E-state index contributed by atoms with van der Waals surface area (Å²) in [4.78, 5) is 22.8. The van der Waals surface area contributed by atoms with Crippen molar-refractivity contribution in [2.24, 2.45) is 0 Å². The van der Waals surface area contributed by atoms with Gasteiger partial charge in [-0.25, -0.2) is 12.7 Å². The third kappa shape index (κ3) is 4.21. The maximum atomic E-state index is 12.7. The summed E-state index contributed by atoms with van der Waals surface area (Å²) in [6.07, 6.45) is 1.39. The fourth-order valence-electron chi connectivity index (χ4n) is 2.64. The van der Waals surface area contributed by atoms with Crippen LogP contribution in [0.5, 0.6) is 0 Å². The van der Waals surface area contributed by atoms with Gasteiger partial charge in [0.15, 0.2) is 0 Å². The number of sulfonamides is 1. The van der Waals surface area contributed by atoms with Crippen molar-refractivity contribution in [2.45, 2.75) is 12.6 Å². The van der Waals surface area contributed by atoms with Crippen molar-refractivity contribution in [1.82, 2.24) is 4.31 Å². The van der Waals surface area contributed by atoms with Gasteiger partial charge in [0, 0.05) is 23.1 Å². The number of carbonyl (C=O) groups excluding carboxylic acids is 1. The van der Waals surface area contributed by atoms with E-state index in [0.717, 1.165) is 27.4 Å². The van der Waals surface area contributed by atoms with Crippen molar-refractivity contribution < 1.29 is 22.9 Å². The molecule has 0 N–H and O–H groups in total. The van der Waals surface area contributed by atoms with Gasteiger partial charge in [-0.2, -0.15) is 0 Å². The lowest BCUT2D eigenvalue weighted by molar-refractivity contribution is -0.384. The summed E-state index contributed by atoms with van der Waals surface area (Å²) in [5, 5.41) is 11.7. The molecule has 0 fully saturated rings. The van der Waals surface area contributed by atoms with Crippen LogP contribution in [0.4, 0.5) is 5.69 Å². The average molecular weight is 388 g/mol. The predicted octanol–water partition coefficient (Wildman–Crippen LogP) is 2.48. The third-order valence-electron chi connectivity index (χ3n) is 3.97. The Morgan fingerprint density at radius 1 is 1.11 bits per heavy atom. The molecule has 1 heterocycles. The average Bonchev–Trinajstić information content (AvgIpc) is 2.96. The minimum atomic E-state index is -3.92. The normalized spacial score (nSPS) is 17.8. The van der Waals surface area contributed by atoms with E-state index in [-0.39, 0.29) is 24.5 Å². The van der Waals surface area contributed by atoms with Crippen LogP contribution in [0.25, 0.3) is 0 Å². The maximum Gasteiger partial charge on any atom is 0.269 e. The molecule has 8 nitrogen and oxygen atoms in total. The van der Waals surface area contributed by atoms with Gasteiger partial charge in [0.25, 0.3) is 21.6 Å². The van der Waals surface area contributed by atoms with Gasteiger partial charge in [0.05, 0.1) is 24.2 Å². The van der Waals surface area contributed by atoms with Crippen LogP contribution in [-0.4, -0.2) is 36.2 Å². The summed E-state index contributed by atoms with van der Waals surface area (Å²) in [5.41, 5.74) is 0.785. The van der Waals surface area contributed by atoms with Crippen molar-refractivity contribution in [3.63, 3.8) is 0 Å². The van der Waals surface area contributed by atoms with Crippen molar-refractivity contribution in [1.29, 1.82) is 0 Å². The van der Waals surface area contributed by atoms with Crippen LogP contribution in [0, 0.1) is 10.1 Å². The highest BCUT2D eigenvalue weighted by Gasteiger charge is 2.37. The van der Waals surface area contributed by atoms with E-state index in [1.54, 1.807) is 0 Å². The van der Waals surface area contributed by atoms with E-state index in [2.05, 4.69) is 0 Å². The van der Waals surface area contributed by atoms with Crippen LogP contribution in [-0.2, 0) is 21.4 Å². The topological polar surface area (TPSA) is 107 Å². The number of carbonyl (C=O) groups is 1. The van der Waals surface area contributed by atoms with Crippen molar-refractivity contribution in [3.8, 4) is 0 Å². The fourth-order valence-corrected chi connectivity index (χ4v) is 3.99. The highest BCUT2D eigenvalue weighted by Crippen LogP contribution is 2.23. The van der Waals surface area contributed by atoms with Gasteiger partial charge in [-0.05, 0) is 23.8 Å². The number of nitro groups is 1. The first kappa shape index (κ1) is 18.7. The van der Waals surface area contributed by atoms with E-state index in [1.807, 2.05) is 30.3 Å². The van der Waals surface area contributed by atoms with Gasteiger partial charge in [-0.1, -0.05) is 30.3 Å². The highest BCUT2D eigenvalue weighted by molar-refractivity contribution is 7.92. The molecule has 0 saturated carbocycles. The number of nitro benzene ring substituents is 1. The highest BCUT2D eigenvalue weighted by atomic mass is 32.2. The molecule has 0 saturated heterocycles. The number of rotatable bonds is 6. The number of nitrogens with zero attached hydrogens (tertiary/aromatic N) is 2. The van der Waals surface area contributed by atoms with Crippen molar-refractivity contribution in [3.05, 3.63) is 87.3 Å². The van der Waals surface area contributed by atoms with E-state index in [9.17, 15) is 23.3 Å². The molecular weight excluding hydrogens is 372 g/mol. The molecule has 9 heteroatoms. The first-order valence-corrected chi connectivity index (χ1v) is 9.52. The molecule has 0 spiro atoms. The number of ether oxygens (including phenoxy) is 1. The Morgan fingerprint density at radius 3 is 2.41 bits per heavy atom. The zero-order valence-electron chi connectivity index (χ0n) is 14.1. The van der Waals surface area contributed by atoms with Gasteiger partial charge in [-0.15, -0.1) is 0 Å². The number of hydrogen-bond donors (Lipinski definition) is 0. The molecule has 0 aromatic heterocycles. The molecule has 1 amide bonds. The summed E-state index contributed by atoms with van der Waals surface area (Å²) in [6.45, 7) is 0.286. The van der Waals surface area contributed by atoms with Crippen LogP contribution in [0.2, 0.25) is 0 Å². The summed E-state index contributed by atoms with van der Waals surface area (Å²) < 4.78 is 30.8. The van der Waals surface area contributed by atoms with Crippen LogP contribution >= 0.6 is 0 Å². The number of hydrogen-bond acceptors (Lipinski definition) is 6. The Labute approximate surface area is 155 Å². The van der Waals surface area contributed by atoms with Crippen molar-refractivity contribution >= 4 is 21.6 Å². The Balaban J connectivity index is 1.72. The molecule has 0 bridgehead atoms. The van der Waals surface area contributed by atoms with Gasteiger partial charge in [0.2, 0.25) is 0 Å². The summed E-state index contributed by atoms with van der Waals surface area (Å²) in [6, 6.07) is 13.4. The first-order chi connectivity index (χ1) is 12.9. The second-order valence-corrected chi connectivity index (χ2v) is 7.54. The second kappa shape index (κ2) is 7.68. The quantitative estimate of drug-likeness (QED) is 0.556. The Bertz CT molecular complexity index is 971. The fraction of sp³-hybridized carbons (Fsp3) is 0.167. The Kier molecular flexibility index (Phi) is 5.33. The third-order valence-corrected chi connectivity index (χ3v) is 5.46.